The first-order chi connectivity index (χ1) is 16.9. The summed E-state index contributed by atoms with van der Waals surface area (Å²) in [4.78, 5) is 33.4. The number of anilines is 1. The minimum absolute atomic E-state index is 0.229. The normalized spacial score (nSPS) is 13.6. The van der Waals surface area contributed by atoms with Crippen molar-refractivity contribution >= 4 is 40.8 Å². The topological polar surface area (TPSA) is 97.1 Å². The lowest BCUT2D eigenvalue weighted by molar-refractivity contribution is -0.110. The number of hydrogen-bond acceptors (Lipinski definition) is 5. The van der Waals surface area contributed by atoms with Crippen LogP contribution in [0.15, 0.2) is 65.3 Å². The molecule has 5 rings (SSSR count). The van der Waals surface area contributed by atoms with Crippen molar-refractivity contribution < 1.29 is 18.4 Å². The lowest BCUT2D eigenvalue weighted by Gasteiger charge is -2.07. The molecule has 1 aliphatic heterocycles. The van der Waals surface area contributed by atoms with Gasteiger partial charge in [0, 0.05) is 28.6 Å². The summed E-state index contributed by atoms with van der Waals surface area (Å²) < 4.78 is 19.6. The molecule has 2 aromatic carbocycles. The van der Waals surface area contributed by atoms with Gasteiger partial charge in [-0.25, -0.2) is 4.39 Å². The van der Waals surface area contributed by atoms with Gasteiger partial charge in [0.2, 0.25) is 0 Å². The van der Waals surface area contributed by atoms with Crippen LogP contribution in [-0.4, -0.2) is 21.8 Å². The minimum atomic E-state index is -0.442. The van der Waals surface area contributed by atoms with Crippen molar-refractivity contribution in [3.8, 4) is 11.3 Å². The molecular weight excluding hydrogens is 471 g/mol. The SMILES string of the molecule is Cc1cnc(CNC(=O)c2ccc(Cl)c(-c3ccc(C=C4C(=O)Nc5ccc(F)cc54)o3)c2)cn1. The van der Waals surface area contributed by atoms with E-state index < -0.39 is 5.82 Å². The molecule has 9 heteroatoms. The molecule has 3 heterocycles. The van der Waals surface area contributed by atoms with E-state index in [1.54, 1.807) is 42.7 Å². The second-order valence-electron chi connectivity index (χ2n) is 7.93. The third kappa shape index (κ3) is 4.69. The van der Waals surface area contributed by atoms with Crippen molar-refractivity contribution in [3.05, 3.63) is 100 Å². The molecule has 2 aromatic heterocycles. The second kappa shape index (κ2) is 9.15. The molecule has 0 spiro atoms. The van der Waals surface area contributed by atoms with Crippen LogP contribution < -0.4 is 10.6 Å². The Kier molecular flexibility index (Phi) is 5.88. The maximum Gasteiger partial charge on any atom is 0.256 e. The molecule has 0 aliphatic carbocycles. The highest BCUT2D eigenvalue weighted by Gasteiger charge is 2.25. The number of hydrogen-bond donors (Lipinski definition) is 2. The van der Waals surface area contributed by atoms with Crippen LogP contribution in [0.3, 0.4) is 0 Å². The molecule has 174 valence electrons. The Morgan fingerprint density at radius 1 is 1.11 bits per heavy atom. The van der Waals surface area contributed by atoms with E-state index in [1.165, 1.54) is 24.3 Å². The quantitative estimate of drug-likeness (QED) is 0.373. The van der Waals surface area contributed by atoms with Gasteiger partial charge in [0.25, 0.3) is 11.8 Å². The Balaban J connectivity index is 1.37. The average Bonchev–Trinajstić information content (AvgIpc) is 3.43. The monoisotopic (exact) mass is 488 g/mol. The molecule has 0 saturated heterocycles. The molecule has 4 aromatic rings. The molecule has 2 N–H and O–H groups in total. The van der Waals surface area contributed by atoms with Crippen molar-refractivity contribution in [1.29, 1.82) is 0 Å². The average molecular weight is 489 g/mol. The van der Waals surface area contributed by atoms with Gasteiger partial charge in [-0.05, 0) is 61.5 Å². The van der Waals surface area contributed by atoms with Crippen molar-refractivity contribution in [3.63, 3.8) is 0 Å². The van der Waals surface area contributed by atoms with Crippen LogP contribution in [0, 0.1) is 12.7 Å². The first kappa shape index (κ1) is 22.5. The fourth-order valence-electron chi connectivity index (χ4n) is 3.66. The summed E-state index contributed by atoms with van der Waals surface area (Å²) in [6.07, 6.45) is 4.78. The minimum Gasteiger partial charge on any atom is -0.457 e. The zero-order chi connectivity index (χ0) is 24.5. The van der Waals surface area contributed by atoms with E-state index in [-0.39, 0.29) is 18.4 Å². The van der Waals surface area contributed by atoms with E-state index in [0.29, 0.717) is 50.2 Å². The Morgan fingerprint density at radius 2 is 1.97 bits per heavy atom. The molecule has 7 nitrogen and oxygen atoms in total. The predicted molar refractivity (Wildman–Crippen MR) is 130 cm³/mol. The highest BCUT2D eigenvalue weighted by molar-refractivity contribution is 6.35. The summed E-state index contributed by atoms with van der Waals surface area (Å²) in [6.45, 7) is 2.06. The number of amides is 2. The highest BCUT2D eigenvalue weighted by Crippen LogP contribution is 2.35. The summed E-state index contributed by atoms with van der Waals surface area (Å²) in [5, 5.41) is 5.90. The lowest BCUT2D eigenvalue weighted by Crippen LogP contribution is -2.23. The van der Waals surface area contributed by atoms with Crippen LogP contribution in [0.5, 0.6) is 0 Å². The molecule has 0 saturated carbocycles. The summed E-state index contributed by atoms with van der Waals surface area (Å²) >= 11 is 6.38. The Hall–Kier alpha value is -4.30. The zero-order valence-corrected chi connectivity index (χ0v) is 19.2. The number of aromatic nitrogens is 2. The van der Waals surface area contributed by atoms with Crippen molar-refractivity contribution in [2.24, 2.45) is 0 Å². The van der Waals surface area contributed by atoms with Gasteiger partial charge in [-0.1, -0.05) is 11.6 Å². The first-order valence-electron chi connectivity index (χ1n) is 10.7. The predicted octanol–water partition coefficient (Wildman–Crippen LogP) is 5.26. The smallest absolute Gasteiger partial charge is 0.256 e. The number of nitrogens with one attached hydrogen (secondary N) is 2. The number of carbonyl (C=O) groups is 2. The van der Waals surface area contributed by atoms with E-state index >= 15 is 0 Å². The van der Waals surface area contributed by atoms with Gasteiger partial charge in [-0.15, -0.1) is 0 Å². The Morgan fingerprint density at radius 3 is 2.77 bits per heavy atom. The van der Waals surface area contributed by atoms with E-state index in [0.717, 1.165) is 5.69 Å². The van der Waals surface area contributed by atoms with Crippen LogP contribution in [0.1, 0.15) is 33.1 Å². The number of halogens is 2. The third-order valence-corrected chi connectivity index (χ3v) is 5.77. The van der Waals surface area contributed by atoms with Gasteiger partial charge in [-0.2, -0.15) is 0 Å². The Bertz CT molecular complexity index is 1490. The van der Waals surface area contributed by atoms with Crippen LogP contribution in [0.2, 0.25) is 5.02 Å². The molecule has 0 fully saturated rings. The van der Waals surface area contributed by atoms with Crippen LogP contribution >= 0.6 is 11.6 Å². The number of fused-ring (bicyclic) bond motifs is 1. The van der Waals surface area contributed by atoms with E-state index in [4.69, 9.17) is 16.0 Å². The molecule has 1 aliphatic rings. The van der Waals surface area contributed by atoms with Gasteiger partial charge in [0.15, 0.2) is 0 Å². The summed E-state index contributed by atoms with van der Waals surface area (Å²) in [5.74, 6) is -0.300. The first-order valence-corrected chi connectivity index (χ1v) is 11.0. The molecule has 0 bridgehead atoms. The van der Waals surface area contributed by atoms with Crippen LogP contribution in [0.25, 0.3) is 23.0 Å². The molecule has 0 radical (unpaired) electrons. The maximum absolute atomic E-state index is 13.7. The fraction of sp³-hybridized carbons (Fsp3) is 0.0769. The fourth-order valence-corrected chi connectivity index (χ4v) is 3.87. The van der Waals surface area contributed by atoms with Crippen molar-refractivity contribution in [2.75, 3.05) is 5.32 Å². The van der Waals surface area contributed by atoms with Crippen molar-refractivity contribution in [2.45, 2.75) is 13.5 Å². The number of carbonyl (C=O) groups excluding carboxylic acids is 2. The lowest BCUT2D eigenvalue weighted by atomic mass is 10.1. The molecule has 0 atom stereocenters. The third-order valence-electron chi connectivity index (χ3n) is 5.44. The highest BCUT2D eigenvalue weighted by atomic mass is 35.5. The standard InChI is InChI=1S/C26H18ClFN4O3/c1-14-11-30-17(12-29-14)13-31-25(33)15-2-5-22(27)21(8-15)24-7-4-18(35-24)10-20-19-9-16(28)3-6-23(19)32-26(20)34/h2-12H,13H2,1H3,(H,31,33)(H,32,34). The van der Waals surface area contributed by atoms with E-state index in [1.807, 2.05) is 6.92 Å². The van der Waals surface area contributed by atoms with Gasteiger partial charge in [-0.3, -0.25) is 19.6 Å². The molecular formula is C26H18ClFN4O3. The van der Waals surface area contributed by atoms with Crippen LogP contribution in [-0.2, 0) is 11.3 Å². The largest absolute Gasteiger partial charge is 0.457 e. The summed E-state index contributed by atoms with van der Waals surface area (Å²) in [7, 11) is 0. The molecule has 35 heavy (non-hydrogen) atoms. The van der Waals surface area contributed by atoms with Gasteiger partial charge in [0.05, 0.1) is 34.7 Å². The molecule has 0 unspecified atom stereocenters. The number of rotatable bonds is 5. The summed E-state index contributed by atoms with van der Waals surface area (Å²) in [5.41, 5.74) is 3.62. The van der Waals surface area contributed by atoms with E-state index in [2.05, 4.69) is 20.6 Å². The molecule has 2 amide bonds. The number of aryl methyl sites for hydroxylation is 1. The van der Waals surface area contributed by atoms with Gasteiger partial charge >= 0.3 is 0 Å². The maximum atomic E-state index is 13.7. The van der Waals surface area contributed by atoms with Gasteiger partial charge < -0.3 is 15.1 Å². The second-order valence-corrected chi connectivity index (χ2v) is 8.34. The number of benzene rings is 2. The number of furan rings is 1. The van der Waals surface area contributed by atoms with E-state index in [9.17, 15) is 14.0 Å². The van der Waals surface area contributed by atoms with Crippen molar-refractivity contribution in [1.82, 2.24) is 15.3 Å². The zero-order valence-electron chi connectivity index (χ0n) is 18.4. The van der Waals surface area contributed by atoms with Crippen LogP contribution in [0.4, 0.5) is 10.1 Å². The Labute approximate surface area is 204 Å². The number of nitrogens with zero attached hydrogens (tertiary/aromatic N) is 2. The summed E-state index contributed by atoms with van der Waals surface area (Å²) in [6, 6.07) is 12.3. The van der Waals surface area contributed by atoms with Gasteiger partial charge in [0.1, 0.15) is 17.3 Å².